The first kappa shape index (κ1) is 17.5. The molecule has 1 aliphatic rings. The number of nitrogens with zero attached hydrogens (tertiary/aromatic N) is 1. The van der Waals surface area contributed by atoms with Crippen LogP contribution in [-0.4, -0.2) is 31.0 Å². The Morgan fingerprint density at radius 2 is 2.00 bits per heavy atom. The SMILES string of the molecule is COc1c(F)cccc1C(=O)N1CCC[C@H](CCc2ccccc2)C1. The number of likely N-dealkylation sites (tertiary alicyclic amines) is 1. The number of carbonyl (C=O) groups excluding carboxylic acids is 1. The van der Waals surface area contributed by atoms with Gasteiger partial charge in [-0.25, -0.2) is 4.39 Å². The van der Waals surface area contributed by atoms with E-state index in [1.54, 1.807) is 12.1 Å². The molecule has 1 aliphatic heterocycles. The van der Waals surface area contributed by atoms with E-state index in [4.69, 9.17) is 4.74 Å². The summed E-state index contributed by atoms with van der Waals surface area (Å²) in [6, 6.07) is 14.9. The number of aryl methyl sites for hydroxylation is 1. The van der Waals surface area contributed by atoms with Crippen LogP contribution >= 0.6 is 0 Å². The molecule has 132 valence electrons. The number of piperidine rings is 1. The van der Waals surface area contributed by atoms with Crippen molar-refractivity contribution in [2.45, 2.75) is 25.7 Å². The predicted molar refractivity (Wildman–Crippen MR) is 96.3 cm³/mol. The third-order valence-electron chi connectivity index (χ3n) is 4.89. The second kappa shape index (κ2) is 8.15. The van der Waals surface area contributed by atoms with Gasteiger partial charge in [-0.2, -0.15) is 0 Å². The van der Waals surface area contributed by atoms with Crippen LogP contribution in [0.15, 0.2) is 48.5 Å². The van der Waals surface area contributed by atoms with Gasteiger partial charge in [0.1, 0.15) is 0 Å². The van der Waals surface area contributed by atoms with Gasteiger partial charge < -0.3 is 9.64 Å². The van der Waals surface area contributed by atoms with Crippen molar-refractivity contribution in [3.8, 4) is 5.75 Å². The monoisotopic (exact) mass is 341 g/mol. The van der Waals surface area contributed by atoms with E-state index in [0.717, 1.165) is 38.8 Å². The molecule has 1 atom stereocenters. The summed E-state index contributed by atoms with van der Waals surface area (Å²) in [4.78, 5) is 14.7. The second-order valence-electron chi connectivity index (χ2n) is 6.60. The van der Waals surface area contributed by atoms with Crippen LogP contribution in [0.1, 0.15) is 35.2 Å². The quantitative estimate of drug-likeness (QED) is 0.810. The first-order chi connectivity index (χ1) is 12.2. The maximum absolute atomic E-state index is 13.9. The summed E-state index contributed by atoms with van der Waals surface area (Å²) in [5, 5.41) is 0. The van der Waals surface area contributed by atoms with Gasteiger partial charge in [0, 0.05) is 13.1 Å². The van der Waals surface area contributed by atoms with E-state index in [-0.39, 0.29) is 11.7 Å². The van der Waals surface area contributed by atoms with Gasteiger partial charge in [0.25, 0.3) is 5.91 Å². The second-order valence-corrected chi connectivity index (χ2v) is 6.60. The van der Waals surface area contributed by atoms with E-state index in [0.29, 0.717) is 11.5 Å². The first-order valence-electron chi connectivity index (χ1n) is 8.84. The van der Waals surface area contributed by atoms with Crippen molar-refractivity contribution in [2.75, 3.05) is 20.2 Å². The zero-order chi connectivity index (χ0) is 17.6. The zero-order valence-electron chi connectivity index (χ0n) is 14.6. The Morgan fingerprint density at radius 1 is 1.20 bits per heavy atom. The van der Waals surface area contributed by atoms with Crippen molar-refractivity contribution in [2.24, 2.45) is 5.92 Å². The molecule has 1 amide bonds. The molecule has 0 radical (unpaired) electrons. The summed E-state index contributed by atoms with van der Waals surface area (Å²) in [7, 11) is 1.40. The highest BCUT2D eigenvalue weighted by Gasteiger charge is 2.27. The van der Waals surface area contributed by atoms with Crippen LogP contribution in [0.5, 0.6) is 5.75 Å². The predicted octanol–water partition coefficient (Wildman–Crippen LogP) is 4.32. The molecule has 0 aromatic heterocycles. The van der Waals surface area contributed by atoms with E-state index < -0.39 is 5.82 Å². The van der Waals surface area contributed by atoms with Crippen LogP contribution < -0.4 is 4.74 Å². The minimum absolute atomic E-state index is 0.0407. The minimum atomic E-state index is -0.494. The van der Waals surface area contributed by atoms with E-state index in [1.807, 2.05) is 11.0 Å². The number of ether oxygens (including phenoxy) is 1. The lowest BCUT2D eigenvalue weighted by molar-refractivity contribution is 0.0664. The Hall–Kier alpha value is -2.36. The number of halogens is 1. The van der Waals surface area contributed by atoms with Gasteiger partial charge in [-0.3, -0.25) is 4.79 Å². The molecule has 25 heavy (non-hydrogen) atoms. The van der Waals surface area contributed by atoms with Gasteiger partial charge in [0.05, 0.1) is 12.7 Å². The number of hydrogen-bond donors (Lipinski definition) is 0. The maximum atomic E-state index is 13.9. The summed E-state index contributed by atoms with van der Waals surface area (Å²) in [5.41, 5.74) is 1.64. The molecule has 0 spiro atoms. The molecule has 0 saturated carbocycles. The lowest BCUT2D eigenvalue weighted by Crippen LogP contribution is -2.40. The summed E-state index contributed by atoms with van der Waals surface area (Å²) >= 11 is 0. The topological polar surface area (TPSA) is 29.5 Å². The van der Waals surface area contributed by atoms with Crippen molar-refractivity contribution >= 4 is 5.91 Å². The van der Waals surface area contributed by atoms with Crippen molar-refractivity contribution < 1.29 is 13.9 Å². The van der Waals surface area contributed by atoms with Crippen molar-refractivity contribution in [3.63, 3.8) is 0 Å². The Labute approximate surface area is 148 Å². The molecule has 2 aromatic carbocycles. The van der Waals surface area contributed by atoms with Gasteiger partial charge in [0.15, 0.2) is 11.6 Å². The molecule has 0 N–H and O–H groups in total. The van der Waals surface area contributed by atoms with Crippen molar-refractivity contribution in [1.29, 1.82) is 0 Å². The van der Waals surface area contributed by atoms with E-state index in [2.05, 4.69) is 24.3 Å². The number of benzene rings is 2. The fraction of sp³-hybridized carbons (Fsp3) is 0.381. The maximum Gasteiger partial charge on any atom is 0.257 e. The molecule has 0 aliphatic carbocycles. The molecule has 4 heteroatoms. The number of amides is 1. The molecule has 0 bridgehead atoms. The van der Waals surface area contributed by atoms with Gasteiger partial charge in [-0.05, 0) is 49.3 Å². The van der Waals surface area contributed by atoms with Crippen LogP contribution in [-0.2, 0) is 6.42 Å². The fourth-order valence-corrected chi connectivity index (χ4v) is 3.56. The molecule has 3 rings (SSSR count). The highest BCUT2D eigenvalue weighted by molar-refractivity contribution is 5.97. The van der Waals surface area contributed by atoms with Crippen molar-refractivity contribution in [1.82, 2.24) is 4.90 Å². The molecular weight excluding hydrogens is 317 g/mol. The lowest BCUT2D eigenvalue weighted by atomic mass is 9.91. The molecule has 2 aromatic rings. The molecule has 1 saturated heterocycles. The van der Waals surface area contributed by atoms with E-state index >= 15 is 0 Å². The van der Waals surface area contributed by atoms with Gasteiger partial charge in [0.2, 0.25) is 0 Å². The normalized spacial score (nSPS) is 17.4. The Bertz CT molecular complexity index is 717. The first-order valence-corrected chi connectivity index (χ1v) is 8.84. The largest absolute Gasteiger partial charge is 0.493 e. The summed E-state index contributed by atoms with van der Waals surface area (Å²) in [6.07, 6.45) is 4.21. The number of para-hydroxylation sites is 1. The Morgan fingerprint density at radius 3 is 2.76 bits per heavy atom. The average molecular weight is 341 g/mol. The van der Waals surface area contributed by atoms with Crippen LogP contribution in [0.25, 0.3) is 0 Å². The van der Waals surface area contributed by atoms with Crippen LogP contribution in [0.2, 0.25) is 0 Å². The molecular formula is C21H24FNO2. The van der Waals surface area contributed by atoms with Gasteiger partial charge in [-0.15, -0.1) is 0 Å². The summed E-state index contributed by atoms with van der Waals surface area (Å²) in [5.74, 6) is -0.108. The molecule has 1 fully saturated rings. The molecule has 1 heterocycles. The lowest BCUT2D eigenvalue weighted by Gasteiger charge is -2.33. The highest BCUT2D eigenvalue weighted by Crippen LogP contribution is 2.27. The van der Waals surface area contributed by atoms with E-state index in [1.165, 1.54) is 18.7 Å². The van der Waals surface area contributed by atoms with Crippen LogP contribution in [0.3, 0.4) is 0 Å². The standard InChI is InChI=1S/C21H24FNO2/c1-25-20-18(10-5-11-19(20)22)21(24)23-14-6-9-17(15-23)13-12-16-7-3-2-4-8-16/h2-5,7-8,10-11,17H,6,9,12-15H2,1H3/t17-/m1/s1. The molecule has 0 unspecified atom stereocenters. The minimum Gasteiger partial charge on any atom is -0.493 e. The zero-order valence-corrected chi connectivity index (χ0v) is 14.6. The Kier molecular flexibility index (Phi) is 5.69. The highest BCUT2D eigenvalue weighted by atomic mass is 19.1. The number of rotatable bonds is 5. The third kappa shape index (κ3) is 4.19. The smallest absolute Gasteiger partial charge is 0.257 e. The van der Waals surface area contributed by atoms with E-state index in [9.17, 15) is 9.18 Å². The molecule has 3 nitrogen and oxygen atoms in total. The Balaban J connectivity index is 1.65. The van der Waals surface area contributed by atoms with Crippen LogP contribution in [0.4, 0.5) is 4.39 Å². The number of carbonyl (C=O) groups is 1. The summed E-state index contributed by atoms with van der Waals surface area (Å²) in [6.45, 7) is 1.45. The van der Waals surface area contributed by atoms with Gasteiger partial charge in [-0.1, -0.05) is 36.4 Å². The number of methoxy groups -OCH3 is 1. The van der Waals surface area contributed by atoms with Crippen LogP contribution in [0, 0.1) is 11.7 Å². The third-order valence-corrected chi connectivity index (χ3v) is 4.89. The number of hydrogen-bond acceptors (Lipinski definition) is 2. The average Bonchev–Trinajstić information content (AvgIpc) is 2.66. The van der Waals surface area contributed by atoms with Crippen molar-refractivity contribution in [3.05, 3.63) is 65.5 Å². The van der Waals surface area contributed by atoms with Gasteiger partial charge >= 0.3 is 0 Å². The fourth-order valence-electron chi connectivity index (χ4n) is 3.56. The summed E-state index contributed by atoms with van der Waals surface area (Å²) < 4.78 is 19.0.